The Balaban J connectivity index is 1.58. The second-order valence-corrected chi connectivity index (χ2v) is 7.59. The molecule has 3 heterocycles. The van der Waals surface area contributed by atoms with Gasteiger partial charge in [-0.2, -0.15) is 0 Å². The number of para-hydroxylation sites is 1. The van der Waals surface area contributed by atoms with E-state index in [0.717, 1.165) is 42.5 Å². The average Bonchev–Trinajstić information content (AvgIpc) is 3.03. The summed E-state index contributed by atoms with van der Waals surface area (Å²) in [6.45, 7) is 5.81. The highest BCUT2D eigenvalue weighted by Gasteiger charge is 2.22. The Bertz CT molecular complexity index is 930. The molecule has 1 N–H and O–H groups in total. The molecule has 4 rings (SSSR count). The fourth-order valence-corrected chi connectivity index (χ4v) is 4.18. The topological polar surface area (TPSA) is 54.9 Å². The van der Waals surface area contributed by atoms with E-state index in [4.69, 9.17) is 0 Å². The van der Waals surface area contributed by atoms with Gasteiger partial charge in [-0.3, -0.25) is 9.20 Å². The van der Waals surface area contributed by atoms with Crippen LogP contribution in [0.1, 0.15) is 5.56 Å². The van der Waals surface area contributed by atoms with E-state index in [1.807, 2.05) is 23.1 Å². The van der Waals surface area contributed by atoms with Gasteiger partial charge in [0.15, 0.2) is 10.8 Å². The fraction of sp³-hybridized carbons (Fsp3) is 0.389. The number of nitrogens with one attached hydrogen (secondary N) is 1. The number of pyridine rings is 1. The molecule has 7 heteroatoms. The van der Waals surface area contributed by atoms with Crippen molar-refractivity contribution in [1.29, 1.82) is 0 Å². The maximum Gasteiger partial charge on any atom is 0.233 e. The molecular formula is C18H22N5OS+. The van der Waals surface area contributed by atoms with Crippen molar-refractivity contribution in [2.75, 3.05) is 39.0 Å². The Labute approximate surface area is 150 Å². The predicted octanol–water partition coefficient (Wildman–Crippen LogP) is 0.640. The van der Waals surface area contributed by atoms with E-state index >= 15 is 0 Å². The van der Waals surface area contributed by atoms with Crippen LogP contribution in [-0.2, 0) is 4.79 Å². The van der Waals surface area contributed by atoms with E-state index in [-0.39, 0.29) is 5.91 Å². The Morgan fingerprint density at radius 3 is 2.80 bits per heavy atom. The highest BCUT2D eigenvalue weighted by Crippen LogP contribution is 2.25. The van der Waals surface area contributed by atoms with E-state index in [1.54, 1.807) is 0 Å². The first-order chi connectivity index (χ1) is 12.1. The Morgan fingerprint density at radius 2 is 2.00 bits per heavy atom. The number of fused-ring (bicyclic) bond motifs is 3. The van der Waals surface area contributed by atoms with Crippen LogP contribution in [0.5, 0.6) is 0 Å². The minimum Gasteiger partial charge on any atom is -0.334 e. The van der Waals surface area contributed by atoms with E-state index in [9.17, 15) is 4.79 Å². The zero-order chi connectivity index (χ0) is 17.4. The van der Waals surface area contributed by atoms with E-state index in [1.165, 1.54) is 27.6 Å². The molecule has 1 aliphatic heterocycles. The summed E-state index contributed by atoms with van der Waals surface area (Å²) in [6.07, 6.45) is 0. The fourth-order valence-electron chi connectivity index (χ4n) is 3.32. The smallest absolute Gasteiger partial charge is 0.233 e. The number of benzene rings is 1. The number of aromatic nitrogens is 3. The van der Waals surface area contributed by atoms with Crippen molar-refractivity contribution in [3.8, 4) is 0 Å². The molecule has 1 aromatic carbocycles. The zero-order valence-electron chi connectivity index (χ0n) is 14.5. The largest absolute Gasteiger partial charge is 0.334 e. The molecule has 0 radical (unpaired) electrons. The predicted molar refractivity (Wildman–Crippen MR) is 99.2 cm³/mol. The molecule has 1 fully saturated rings. The third kappa shape index (κ3) is 3.09. The van der Waals surface area contributed by atoms with Gasteiger partial charge in [0, 0.05) is 5.39 Å². The lowest BCUT2D eigenvalue weighted by Crippen LogP contribution is -3.12. The molecule has 2 aromatic heterocycles. The highest BCUT2D eigenvalue weighted by atomic mass is 32.2. The van der Waals surface area contributed by atoms with Crippen molar-refractivity contribution in [3.63, 3.8) is 0 Å². The number of nitrogens with zero attached hydrogens (tertiary/aromatic N) is 4. The van der Waals surface area contributed by atoms with Crippen LogP contribution >= 0.6 is 11.8 Å². The van der Waals surface area contributed by atoms with Crippen molar-refractivity contribution in [1.82, 2.24) is 19.5 Å². The third-order valence-corrected chi connectivity index (χ3v) is 5.78. The number of hydrogen-bond donors (Lipinski definition) is 1. The summed E-state index contributed by atoms with van der Waals surface area (Å²) in [5.74, 6) is 0.591. The van der Waals surface area contributed by atoms with Gasteiger partial charge in [0.25, 0.3) is 0 Å². The molecule has 3 aromatic rings. The lowest BCUT2D eigenvalue weighted by Gasteiger charge is -2.29. The van der Waals surface area contributed by atoms with Gasteiger partial charge in [-0.05, 0) is 24.6 Å². The molecule has 0 aliphatic carbocycles. The first kappa shape index (κ1) is 16.4. The molecule has 1 saturated heterocycles. The van der Waals surface area contributed by atoms with Crippen molar-refractivity contribution < 1.29 is 9.69 Å². The van der Waals surface area contributed by atoms with Gasteiger partial charge in [0.1, 0.15) is 0 Å². The summed E-state index contributed by atoms with van der Waals surface area (Å²) in [5.41, 5.74) is 3.10. The number of hydrogen-bond acceptors (Lipinski definition) is 4. The van der Waals surface area contributed by atoms with Gasteiger partial charge in [0.2, 0.25) is 5.91 Å². The Kier molecular flexibility index (Phi) is 4.35. The van der Waals surface area contributed by atoms with Crippen LogP contribution in [0.25, 0.3) is 16.6 Å². The van der Waals surface area contributed by atoms with Gasteiger partial charge in [-0.25, -0.2) is 0 Å². The number of rotatable bonds is 3. The molecule has 1 amide bonds. The highest BCUT2D eigenvalue weighted by molar-refractivity contribution is 7.99. The van der Waals surface area contributed by atoms with Gasteiger partial charge < -0.3 is 9.80 Å². The number of amides is 1. The lowest BCUT2D eigenvalue weighted by atomic mass is 10.1. The molecule has 0 atom stereocenters. The molecule has 1 aliphatic rings. The van der Waals surface area contributed by atoms with Crippen LogP contribution in [0.15, 0.2) is 35.5 Å². The molecule has 6 nitrogen and oxygen atoms in total. The van der Waals surface area contributed by atoms with E-state index < -0.39 is 0 Å². The van der Waals surface area contributed by atoms with Crippen LogP contribution in [0.2, 0.25) is 0 Å². The summed E-state index contributed by atoms with van der Waals surface area (Å²) in [7, 11) is 2.17. The molecule has 25 heavy (non-hydrogen) atoms. The number of aryl methyl sites for hydroxylation is 1. The van der Waals surface area contributed by atoms with Crippen molar-refractivity contribution in [2.24, 2.45) is 0 Å². The monoisotopic (exact) mass is 356 g/mol. The van der Waals surface area contributed by atoms with Crippen LogP contribution in [0.4, 0.5) is 0 Å². The van der Waals surface area contributed by atoms with Crippen molar-refractivity contribution in [3.05, 3.63) is 35.9 Å². The van der Waals surface area contributed by atoms with E-state index in [2.05, 4.69) is 40.7 Å². The van der Waals surface area contributed by atoms with Gasteiger partial charge in [-0.1, -0.05) is 30.0 Å². The second kappa shape index (κ2) is 6.65. The third-order valence-electron chi connectivity index (χ3n) is 4.87. The average molecular weight is 356 g/mol. The Hall–Kier alpha value is -2.12. The standard InChI is InChI=1S/C18H21N5OS/c1-13-11-16-19-20-18(23(16)15-6-4-3-5-14(13)15)25-12-17(24)22-9-7-21(2)8-10-22/h3-6,11H,7-10,12H2,1-2H3/p+1. The summed E-state index contributed by atoms with van der Waals surface area (Å²) >= 11 is 1.47. The second-order valence-electron chi connectivity index (χ2n) is 6.65. The van der Waals surface area contributed by atoms with Gasteiger partial charge in [0.05, 0.1) is 44.5 Å². The summed E-state index contributed by atoms with van der Waals surface area (Å²) in [4.78, 5) is 15.9. The van der Waals surface area contributed by atoms with Crippen LogP contribution < -0.4 is 4.90 Å². The Morgan fingerprint density at radius 1 is 1.24 bits per heavy atom. The van der Waals surface area contributed by atoms with Crippen LogP contribution in [0, 0.1) is 6.92 Å². The van der Waals surface area contributed by atoms with Crippen LogP contribution in [-0.4, -0.2) is 64.4 Å². The van der Waals surface area contributed by atoms with Gasteiger partial charge >= 0.3 is 0 Å². The zero-order valence-corrected chi connectivity index (χ0v) is 15.3. The minimum atomic E-state index is 0.186. The molecule has 0 saturated carbocycles. The number of carbonyl (C=O) groups is 1. The number of thioether (sulfide) groups is 1. The molecular weight excluding hydrogens is 334 g/mol. The summed E-state index contributed by atoms with van der Waals surface area (Å²) < 4.78 is 2.05. The normalized spacial score (nSPS) is 16.0. The van der Waals surface area contributed by atoms with Gasteiger partial charge in [-0.15, -0.1) is 10.2 Å². The quantitative estimate of drug-likeness (QED) is 0.700. The van der Waals surface area contributed by atoms with Crippen LogP contribution in [0.3, 0.4) is 0 Å². The molecule has 0 spiro atoms. The lowest BCUT2D eigenvalue weighted by molar-refractivity contribution is -0.883. The first-order valence-corrected chi connectivity index (χ1v) is 9.57. The number of quaternary nitrogens is 1. The van der Waals surface area contributed by atoms with Crippen molar-refractivity contribution in [2.45, 2.75) is 12.1 Å². The SMILES string of the molecule is Cc1cc2nnc(SCC(=O)N3CC[NH+](C)CC3)n2c2ccccc12. The molecule has 130 valence electrons. The summed E-state index contributed by atoms with van der Waals surface area (Å²) in [6, 6.07) is 10.3. The number of piperazine rings is 1. The minimum absolute atomic E-state index is 0.186. The summed E-state index contributed by atoms with van der Waals surface area (Å²) in [5, 5.41) is 10.6. The number of likely N-dealkylation sites (N-methyl/N-ethyl adjacent to an activating group) is 1. The molecule has 0 unspecified atom stereocenters. The maximum absolute atomic E-state index is 12.5. The first-order valence-electron chi connectivity index (χ1n) is 8.59. The van der Waals surface area contributed by atoms with E-state index in [0.29, 0.717) is 5.75 Å². The maximum atomic E-state index is 12.5. The number of carbonyl (C=O) groups excluding carboxylic acids is 1. The van der Waals surface area contributed by atoms with Crippen molar-refractivity contribution >= 4 is 34.2 Å². The molecule has 0 bridgehead atoms.